The molecule has 0 atom stereocenters. The van der Waals surface area contributed by atoms with Crippen LogP contribution in [0.15, 0.2) is 11.3 Å². The van der Waals surface area contributed by atoms with Crippen molar-refractivity contribution in [1.29, 1.82) is 0 Å². The molecule has 3 N–H and O–H groups in total. The van der Waals surface area contributed by atoms with Crippen molar-refractivity contribution < 1.29 is 34.1 Å². The van der Waals surface area contributed by atoms with E-state index in [4.69, 9.17) is 10.2 Å². The molecule has 9 nitrogen and oxygen atoms in total. The first-order valence-electron chi connectivity index (χ1n) is 5.65. The van der Waals surface area contributed by atoms with Gasteiger partial charge in [0, 0.05) is 12.2 Å². The lowest BCUT2D eigenvalue weighted by atomic mass is 10.1. The highest BCUT2D eigenvalue weighted by Gasteiger charge is 2.27. The van der Waals surface area contributed by atoms with E-state index in [-0.39, 0.29) is 30.8 Å². The predicted octanol–water partition coefficient (Wildman–Crippen LogP) is -0.612. The number of nitrogens with zero attached hydrogens (tertiary/aromatic N) is 1. The maximum atomic E-state index is 11.5. The Bertz CT molecular complexity index is 483. The van der Waals surface area contributed by atoms with Gasteiger partial charge in [-0.2, -0.15) is 0 Å². The highest BCUT2D eigenvalue weighted by molar-refractivity contribution is 5.96. The molecule has 1 aliphatic rings. The summed E-state index contributed by atoms with van der Waals surface area (Å²) in [5, 5.41) is 20.1. The number of hydrogen-bond donors (Lipinski definition) is 3. The van der Waals surface area contributed by atoms with E-state index in [0.29, 0.717) is 0 Å². The fourth-order valence-electron chi connectivity index (χ4n) is 1.69. The summed E-state index contributed by atoms with van der Waals surface area (Å²) in [6.45, 7) is -0.211. The lowest BCUT2D eigenvalue weighted by molar-refractivity contribution is -0.143. The lowest BCUT2D eigenvalue weighted by Crippen LogP contribution is -2.42. The standard InChI is InChI=1S/C11H14N2O7/c1-20-9(15)4-8(14)12-7-5-13(11(18)19)3-2-6(7)10(16)17/h2-5H2,1H3,(H,12,14)(H,16,17)(H,18,19). The lowest BCUT2D eigenvalue weighted by Gasteiger charge is -2.27. The molecule has 0 saturated carbocycles. The van der Waals surface area contributed by atoms with Gasteiger partial charge in [-0.05, 0) is 6.42 Å². The zero-order valence-electron chi connectivity index (χ0n) is 10.7. The second-order valence-corrected chi connectivity index (χ2v) is 4.02. The van der Waals surface area contributed by atoms with E-state index in [1.807, 2.05) is 0 Å². The van der Waals surface area contributed by atoms with Gasteiger partial charge >= 0.3 is 18.0 Å². The first kappa shape index (κ1) is 15.5. The fraction of sp³-hybridized carbons (Fsp3) is 0.455. The number of esters is 1. The van der Waals surface area contributed by atoms with Crippen LogP contribution in [-0.2, 0) is 19.1 Å². The molecular weight excluding hydrogens is 272 g/mol. The molecule has 0 unspecified atom stereocenters. The van der Waals surface area contributed by atoms with Crippen LogP contribution in [0.4, 0.5) is 4.79 Å². The smallest absolute Gasteiger partial charge is 0.407 e. The van der Waals surface area contributed by atoms with Crippen molar-refractivity contribution in [3.63, 3.8) is 0 Å². The number of amides is 2. The molecule has 0 aromatic rings. The number of ether oxygens (including phenoxy) is 1. The minimum Gasteiger partial charge on any atom is -0.478 e. The van der Waals surface area contributed by atoms with E-state index >= 15 is 0 Å². The van der Waals surface area contributed by atoms with Crippen molar-refractivity contribution in [3.8, 4) is 0 Å². The molecule has 1 aliphatic heterocycles. The van der Waals surface area contributed by atoms with Crippen molar-refractivity contribution in [2.75, 3.05) is 20.2 Å². The number of rotatable bonds is 4. The second kappa shape index (κ2) is 6.55. The van der Waals surface area contributed by atoms with Crippen LogP contribution >= 0.6 is 0 Å². The molecule has 0 spiro atoms. The van der Waals surface area contributed by atoms with Crippen LogP contribution in [-0.4, -0.2) is 59.3 Å². The Morgan fingerprint density at radius 3 is 2.45 bits per heavy atom. The third-order valence-electron chi connectivity index (χ3n) is 2.70. The Labute approximate surface area is 113 Å². The van der Waals surface area contributed by atoms with Gasteiger partial charge in [-0.1, -0.05) is 0 Å². The molecule has 20 heavy (non-hydrogen) atoms. The molecule has 2 amide bonds. The summed E-state index contributed by atoms with van der Waals surface area (Å²) in [6, 6.07) is 0. The summed E-state index contributed by atoms with van der Waals surface area (Å²) in [7, 11) is 1.12. The molecule has 0 radical (unpaired) electrons. The van der Waals surface area contributed by atoms with Crippen LogP contribution in [0.2, 0.25) is 0 Å². The van der Waals surface area contributed by atoms with E-state index in [2.05, 4.69) is 10.1 Å². The van der Waals surface area contributed by atoms with Gasteiger partial charge in [-0.3, -0.25) is 9.59 Å². The Morgan fingerprint density at radius 2 is 1.95 bits per heavy atom. The van der Waals surface area contributed by atoms with Crippen molar-refractivity contribution in [3.05, 3.63) is 11.3 Å². The SMILES string of the molecule is COC(=O)CC(=O)NC1=C(C(=O)O)CCN(C(=O)O)C1. The van der Waals surface area contributed by atoms with E-state index < -0.39 is 30.4 Å². The molecule has 9 heteroatoms. The van der Waals surface area contributed by atoms with Gasteiger partial charge in [0.25, 0.3) is 0 Å². The number of aliphatic carboxylic acids is 1. The van der Waals surface area contributed by atoms with E-state index in [9.17, 15) is 19.2 Å². The molecule has 0 aliphatic carbocycles. The predicted molar refractivity (Wildman–Crippen MR) is 63.7 cm³/mol. The molecule has 0 aromatic heterocycles. The van der Waals surface area contributed by atoms with Crippen LogP contribution in [0, 0.1) is 0 Å². The molecule has 0 aromatic carbocycles. The van der Waals surface area contributed by atoms with Crippen LogP contribution in [0.5, 0.6) is 0 Å². The Morgan fingerprint density at radius 1 is 1.30 bits per heavy atom. The number of carbonyl (C=O) groups is 4. The van der Waals surface area contributed by atoms with Gasteiger partial charge in [0.1, 0.15) is 6.42 Å². The summed E-state index contributed by atoms with van der Waals surface area (Å²) in [5.41, 5.74) is -0.0965. The number of carboxylic acids is 1. The minimum atomic E-state index is -1.23. The summed E-state index contributed by atoms with van der Waals surface area (Å²) in [6.07, 6.45) is -1.80. The Kier molecular flexibility index (Phi) is 5.07. The first-order chi connectivity index (χ1) is 9.35. The number of methoxy groups -OCH3 is 1. The zero-order valence-corrected chi connectivity index (χ0v) is 10.7. The van der Waals surface area contributed by atoms with E-state index in [1.165, 1.54) is 0 Å². The van der Waals surface area contributed by atoms with Gasteiger partial charge in [0.15, 0.2) is 0 Å². The molecule has 0 saturated heterocycles. The van der Waals surface area contributed by atoms with Gasteiger partial charge in [-0.25, -0.2) is 9.59 Å². The van der Waals surface area contributed by atoms with Crippen LogP contribution in [0.3, 0.4) is 0 Å². The first-order valence-corrected chi connectivity index (χ1v) is 5.65. The van der Waals surface area contributed by atoms with Gasteiger partial charge in [0.2, 0.25) is 5.91 Å². The van der Waals surface area contributed by atoms with Gasteiger partial charge in [-0.15, -0.1) is 0 Å². The number of carboxylic acid groups (broad SMARTS) is 2. The number of carbonyl (C=O) groups excluding carboxylic acids is 2. The average Bonchev–Trinajstić information content (AvgIpc) is 2.37. The molecule has 0 bridgehead atoms. The normalized spacial score (nSPS) is 14.8. The monoisotopic (exact) mass is 286 g/mol. The maximum Gasteiger partial charge on any atom is 0.407 e. The largest absolute Gasteiger partial charge is 0.478 e. The quantitative estimate of drug-likeness (QED) is 0.463. The minimum absolute atomic E-state index is 0.0184. The summed E-state index contributed by atoms with van der Waals surface area (Å²) in [4.78, 5) is 45.3. The number of nitrogens with one attached hydrogen (secondary N) is 1. The zero-order chi connectivity index (χ0) is 15.3. The third-order valence-corrected chi connectivity index (χ3v) is 2.70. The van der Waals surface area contributed by atoms with Crippen LogP contribution in [0.25, 0.3) is 0 Å². The van der Waals surface area contributed by atoms with Crippen molar-refractivity contribution in [1.82, 2.24) is 10.2 Å². The van der Waals surface area contributed by atoms with Crippen molar-refractivity contribution >= 4 is 23.9 Å². The van der Waals surface area contributed by atoms with Crippen molar-refractivity contribution in [2.24, 2.45) is 0 Å². The maximum absolute atomic E-state index is 11.5. The Balaban J connectivity index is 2.84. The Hall–Kier alpha value is -2.58. The highest BCUT2D eigenvalue weighted by Crippen LogP contribution is 2.16. The van der Waals surface area contributed by atoms with E-state index in [1.54, 1.807) is 0 Å². The number of hydrogen-bond acceptors (Lipinski definition) is 5. The van der Waals surface area contributed by atoms with Gasteiger partial charge < -0.3 is 25.2 Å². The molecule has 0 fully saturated rings. The summed E-state index contributed by atoms with van der Waals surface area (Å²) in [5.74, 6) is -2.76. The van der Waals surface area contributed by atoms with E-state index in [0.717, 1.165) is 12.0 Å². The molecule has 1 heterocycles. The average molecular weight is 286 g/mol. The topological polar surface area (TPSA) is 133 Å². The van der Waals surface area contributed by atoms with Gasteiger partial charge in [0.05, 0.1) is 19.2 Å². The molecular formula is C11H14N2O7. The fourth-order valence-corrected chi connectivity index (χ4v) is 1.69. The molecule has 110 valence electrons. The third kappa shape index (κ3) is 3.97. The summed E-state index contributed by atoms with van der Waals surface area (Å²) >= 11 is 0. The van der Waals surface area contributed by atoms with Crippen molar-refractivity contribution in [2.45, 2.75) is 12.8 Å². The van der Waals surface area contributed by atoms with Crippen LogP contribution < -0.4 is 5.32 Å². The summed E-state index contributed by atoms with van der Waals surface area (Å²) < 4.78 is 4.31. The highest BCUT2D eigenvalue weighted by atomic mass is 16.5. The second-order valence-electron chi connectivity index (χ2n) is 4.02. The molecule has 1 rings (SSSR count). The van der Waals surface area contributed by atoms with Crippen LogP contribution in [0.1, 0.15) is 12.8 Å².